The first-order valence-electron chi connectivity index (χ1n) is 7.20. The van der Waals surface area contributed by atoms with Gasteiger partial charge in [-0.05, 0) is 65.0 Å². The van der Waals surface area contributed by atoms with Crippen molar-refractivity contribution in [1.29, 1.82) is 0 Å². The average molecular weight is 348 g/mol. The largest absolute Gasteiger partial charge is 0.496 e. The molecule has 0 aliphatic carbocycles. The van der Waals surface area contributed by atoms with Crippen LogP contribution in [0.4, 0.5) is 0 Å². The lowest BCUT2D eigenvalue weighted by atomic mass is 10.0. The van der Waals surface area contributed by atoms with Crippen LogP contribution >= 0.6 is 15.9 Å². The molecule has 1 unspecified atom stereocenters. The molecule has 1 N–H and O–H groups in total. The fourth-order valence-electron chi connectivity index (χ4n) is 2.35. The molecule has 0 saturated carbocycles. The number of benzene rings is 2. The van der Waals surface area contributed by atoms with Gasteiger partial charge in [-0.15, -0.1) is 0 Å². The van der Waals surface area contributed by atoms with Gasteiger partial charge in [-0.2, -0.15) is 0 Å². The van der Waals surface area contributed by atoms with Crippen molar-refractivity contribution in [3.05, 3.63) is 63.6 Å². The second kappa shape index (κ2) is 7.62. The number of rotatable bonds is 6. The molecule has 0 radical (unpaired) electrons. The highest BCUT2D eigenvalue weighted by Gasteiger charge is 2.06. The highest BCUT2D eigenvalue weighted by atomic mass is 79.9. The van der Waals surface area contributed by atoms with Crippen LogP contribution in [0.2, 0.25) is 0 Å². The Morgan fingerprint density at radius 3 is 2.62 bits per heavy atom. The third-order valence-corrected chi connectivity index (χ3v) is 4.28. The van der Waals surface area contributed by atoms with E-state index >= 15 is 0 Å². The quantitative estimate of drug-likeness (QED) is 0.831. The van der Waals surface area contributed by atoms with E-state index in [0.29, 0.717) is 6.04 Å². The molecular formula is C18H22BrNO. The third-order valence-electron chi connectivity index (χ3n) is 3.66. The number of ether oxygens (including phenoxy) is 1. The number of aryl methyl sites for hydroxylation is 1. The first-order chi connectivity index (χ1) is 10.1. The van der Waals surface area contributed by atoms with E-state index < -0.39 is 0 Å². The lowest BCUT2D eigenvalue weighted by molar-refractivity contribution is 0.412. The zero-order valence-corrected chi connectivity index (χ0v) is 14.4. The smallest absolute Gasteiger partial charge is 0.133 e. The molecular weight excluding hydrogens is 326 g/mol. The molecule has 112 valence electrons. The van der Waals surface area contributed by atoms with Gasteiger partial charge in [-0.3, -0.25) is 0 Å². The fourth-order valence-corrected chi connectivity index (χ4v) is 2.94. The number of hydrogen-bond donors (Lipinski definition) is 1. The zero-order chi connectivity index (χ0) is 15.2. The highest BCUT2D eigenvalue weighted by Crippen LogP contribution is 2.25. The summed E-state index contributed by atoms with van der Waals surface area (Å²) in [4.78, 5) is 0. The van der Waals surface area contributed by atoms with Crippen LogP contribution in [0, 0.1) is 6.92 Å². The lowest BCUT2D eigenvalue weighted by Crippen LogP contribution is -2.27. The Balaban J connectivity index is 1.91. The van der Waals surface area contributed by atoms with Crippen LogP contribution in [0.3, 0.4) is 0 Å². The maximum atomic E-state index is 5.25. The summed E-state index contributed by atoms with van der Waals surface area (Å²) in [5.74, 6) is 0.867. The summed E-state index contributed by atoms with van der Waals surface area (Å²) in [6.45, 7) is 5.25. The van der Waals surface area contributed by atoms with Crippen LogP contribution in [-0.2, 0) is 13.0 Å². The van der Waals surface area contributed by atoms with Crippen molar-refractivity contribution in [3.63, 3.8) is 0 Å². The molecule has 2 nitrogen and oxygen atoms in total. The van der Waals surface area contributed by atoms with Crippen molar-refractivity contribution in [2.45, 2.75) is 32.9 Å². The highest BCUT2D eigenvalue weighted by molar-refractivity contribution is 9.10. The molecule has 0 fully saturated rings. The Hall–Kier alpha value is -1.32. The van der Waals surface area contributed by atoms with Gasteiger partial charge in [0, 0.05) is 12.6 Å². The maximum Gasteiger partial charge on any atom is 0.133 e. The molecule has 0 saturated heterocycles. The first-order valence-corrected chi connectivity index (χ1v) is 7.99. The summed E-state index contributed by atoms with van der Waals surface area (Å²) in [6, 6.07) is 15.2. The minimum Gasteiger partial charge on any atom is -0.496 e. The average Bonchev–Trinajstić information content (AvgIpc) is 2.48. The molecule has 2 aromatic rings. The van der Waals surface area contributed by atoms with E-state index in [4.69, 9.17) is 4.74 Å². The summed E-state index contributed by atoms with van der Waals surface area (Å²) < 4.78 is 6.25. The second-order valence-electron chi connectivity index (χ2n) is 5.38. The minimum absolute atomic E-state index is 0.437. The monoisotopic (exact) mass is 347 g/mol. The van der Waals surface area contributed by atoms with Crippen molar-refractivity contribution in [2.75, 3.05) is 7.11 Å². The Labute approximate surface area is 135 Å². The van der Waals surface area contributed by atoms with Gasteiger partial charge < -0.3 is 10.1 Å². The van der Waals surface area contributed by atoms with Crippen LogP contribution < -0.4 is 10.1 Å². The number of hydrogen-bond acceptors (Lipinski definition) is 2. The minimum atomic E-state index is 0.437. The van der Waals surface area contributed by atoms with Gasteiger partial charge in [-0.1, -0.05) is 30.3 Å². The van der Waals surface area contributed by atoms with Crippen LogP contribution in [0.5, 0.6) is 5.75 Å². The summed E-state index contributed by atoms with van der Waals surface area (Å²) in [6.07, 6.45) is 1.05. The summed E-state index contributed by atoms with van der Waals surface area (Å²) in [5, 5.41) is 3.58. The Kier molecular flexibility index (Phi) is 5.83. The van der Waals surface area contributed by atoms with Crippen LogP contribution in [0.25, 0.3) is 0 Å². The normalized spacial score (nSPS) is 12.2. The summed E-state index contributed by atoms with van der Waals surface area (Å²) in [7, 11) is 1.68. The molecule has 0 aliphatic rings. The van der Waals surface area contributed by atoms with E-state index in [1.54, 1.807) is 7.11 Å². The van der Waals surface area contributed by atoms with Gasteiger partial charge in [0.15, 0.2) is 0 Å². The van der Waals surface area contributed by atoms with Gasteiger partial charge in [0.25, 0.3) is 0 Å². The van der Waals surface area contributed by atoms with Crippen LogP contribution in [0.15, 0.2) is 46.9 Å². The molecule has 0 aromatic heterocycles. The van der Waals surface area contributed by atoms with Crippen molar-refractivity contribution in [1.82, 2.24) is 5.32 Å². The van der Waals surface area contributed by atoms with E-state index in [0.717, 1.165) is 23.2 Å². The number of nitrogens with one attached hydrogen (secondary N) is 1. The first kappa shape index (κ1) is 16.1. The fraction of sp³-hybridized carbons (Fsp3) is 0.333. The van der Waals surface area contributed by atoms with Crippen LogP contribution in [-0.4, -0.2) is 13.2 Å². The number of methoxy groups -OCH3 is 1. The Bertz CT molecular complexity index is 598. The molecule has 1 atom stereocenters. The van der Waals surface area contributed by atoms with Crippen LogP contribution in [0.1, 0.15) is 23.6 Å². The van der Waals surface area contributed by atoms with Gasteiger partial charge >= 0.3 is 0 Å². The Morgan fingerprint density at radius 2 is 1.95 bits per heavy atom. The van der Waals surface area contributed by atoms with Gasteiger partial charge in [-0.25, -0.2) is 0 Å². The number of halogens is 1. The second-order valence-corrected chi connectivity index (χ2v) is 6.24. The predicted octanol–water partition coefficient (Wildman–Crippen LogP) is 4.49. The van der Waals surface area contributed by atoms with Gasteiger partial charge in [0.1, 0.15) is 5.75 Å². The SMILES string of the molecule is COc1ccc(CNC(C)Cc2ccccc2C)cc1Br. The van der Waals surface area contributed by atoms with Gasteiger partial charge in [0.2, 0.25) is 0 Å². The molecule has 21 heavy (non-hydrogen) atoms. The molecule has 2 aromatic carbocycles. The summed E-state index contributed by atoms with van der Waals surface area (Å²) in [5.41, 5.74) is 4.02. The van der Waals surface area contributed by atoms with Crippen molar-refractivity contribution < 1.29 is 4.74 Å². The standard InChI is InChI=1S/C18H22BrNO/c1-13-6-4-5-7-16(13)10-14(2)20-12-15-8-9-18(21-3)17(19)11-15/h4-9,11,14,20H,10,12H2,1-3H3. The van der Waals surface area contributed by atoms with Crippen molar-refractivity contribution >= 4 is 15.9 Å². The van der Waals surface area contributed by atoms with E-state index in [1.165, 1.54) is 16.7 Å². The third kappa shape index (κ3) is 4.58. The Morgan fingerprint density at radius 1 is 1.19 bits per heavy atom. The predicted molar refractivity (Wildman–Crippen MR) is 91.9 cm³/mol. The topological polar surface area (TPSA) is 21.3 Å². The molecule has 2 rings (SSSR count). The van der Waals surface area contributed by atoms with E-state index in [1.807, 2.05) is 6.07 Å². The molecule has 0 heterocycles. The molecule has 0 amide bonds. The van der Waals surface area contributed by atoms with Gasteiger partial charge in [0.05, 0.1) is 11.6 Å². The van der Waals surface area contributed by atoms with Crippen molar-refractivity contribution in [2.24, 2.45) is 0 Å². The molecule has 3 heteroatoms. The lowest BCUT2D eigenvalue weighted by Gasteiger charge is -2.16. The summed E-state index contributed by atoms with van der Waals surface area (Å²) >= 11 is 3.52. The maximum absolute atomic E-state index is 5.25. The molecule has 0 spiro atoms. The van der Waals surface area contributed by atoms with Crippen molar-refractivity contribution in [3.8, 4) is 5.75 Å². The zero-order valence-electron chi connectivity index (χ0n) is 12.8. The van der Waals surface area contributed by atoms with E-state index in [-0.39, 0.29) is 0 Å². The molecule has 0 aliphatic heterocycles. The molecule has 0 bridgehead atoms. The van der Waals surface area contributed by atoms with E-state index in [9.17, 15) is 0 Å². The van der Waals surface area contributed by atoms with E-state index in [2.05, 4.69) is 71.5 Å².